The van der Waals surface area contributed by atoms with E-state index in [9.17, 15) is 19.8 Å². The Morgan fingerprint density at radius 3 is 2.55 bits per heavy atom. The molecule has 0 fully saturated rings. The fraction of sp³-hybridized carbons (Fsp3) is 0.538. The molecule has 0 saturated carbocycles. The van der Waals surface area contributed by atoms with Crippen LogP contribution in [0.4, 0.5) is 5.69 Å². The Morgan fingerprint density at radius 1 is 1.40 bits per heavy atom. The van der Waals surface area contributed by atoms with Gasteiger partial charge in [-0.15, -0.1) is 0 Å². The van der Waals surface area contributed by atoms with E-state index in [-0.39, 0.29) is 29.8 Å². The zero-order valence-corrected chi connectivity index (χ0v) is 11.9. The number of amides is 2. The van der Waals surface area contributed by atoms with Crippen molar-refractivity contribution in [3.8, 4) is 11.8 Å². The van der Waals surface area contributed by atoms with Crippen molar-refractivity contribution in [3.05, 3.63) is 6.07 Å². The number of aromatic nitrogens is 1. The number of hydrogen-bond donors (Lipinski definition) is 4. The second-order valence-corrected chi connectivity index (χ2v) is 4.74. The van der Waals surface area contributed by atoms with Gasteiger partial charge in [-0.05, 0) is 6.42 Å². The Morgan fingerprint density at radius 2 is 2.05 bits per heavy atom. The molecule has 7 nitrogen and oxygen atoms in total. The number of nitrogens with zero attached hydrogens (tertiary/aromatic N) is 1. The van der Waals surface area contributed by atoms with E-state index < -0.39 is 11.8 Å². The second-order valence-electron chi connectivity index (χ2n) is 4.74. The second kappa shape index (κ2) is 6.83. The van der Waals surface area contributed by atoms with Crippen LogP contribution in [0.25, 0.3) is 0 Å². The summed E-state index contributed by atoms with van der Waals surface area (Å²) in [6.07, 6.45) is 0.912. The first kappa shape index (κ1) is 15.9. The van der Waals surface area contributed by atoms with E-state index in [2.05, 4.69) is 10.6 Å². The molecule has 0 aliphatic carbocycles. The Hall–Kier alpha value is -2.18. The summed E-state index contributed by atoms with van der Waals surface area (Å²) in [4.78, 5) is 23.4. The summed E-state index contributed by atoms with van der Waals surface area (Å²) in [5, 5.41) is 24.2. The highest BCUT2D eigenvalue weighted by Crippen LogP contribution is 2.30. The number of rotatable bonds is 6. The third-order valence-electron chi connectivity index (χ3n) is 2.94. The lowest BCUT2D eigenvalue weighted by molar-refractivity contribution is -0.127. The van der Waals surface area contributed by atoms with Crippen LogP contribution in [0.1, 0.15) is 26.7 Å². The zero-order chi connectivity index (χ0) is 15.3. The molecule has 1 aromatic rings. The highest BCUT2D eigenvalue weighted by molar-refractivity contribution is 5.96. The maximum atomic E-state index is 11.9. The van der Waals surface area contributed by atoms with Gasteiger partial charge in [0.15, 0.2) is 5.88 Å². The van der Waals surface area contributed by atoms with Crippen LogP contribution in [-0.2, 0) is 16.6 Å². The minimum atomic E-state index is -0.534. The molecule has 20 heavy (non-hydrogen) atoms. The molecule has 0 bridgehead atoms. The molecule has 1 atom stereocenters. The van der Waals surface area contributed by atoms with Crippen molar-refractivity contribution in [3.63, 3.8) is 0 Å². The molecular formula is C13H21N3O4. The summed E-state index contributed by atoms with van der Waals surface area (Å²) in [6, 6.07) is 1.25. The van der Waals surface area contributed by atoms with Gasteiger partial charge in [-0.2, -0.15) is 0 Å². The fourth-order valence-corrected chi connectivity index (χ4v) is 1.63. The number of aromatic hydroxyl groups is 2. The predicted molar refractivity (Wildman–Crippen MR) is 74.5 cm³/mol. The van der Waals surface area contributed by atoms with Crippen molar-refractivity contribution in [2.45, 2.75) is 26.7 Å². The van der Waals surface area contributed by atoms with Crippen LogP contribution >= 0.6 is 0 Å². The van der Waals surface area contributed by atoms with E-state index in [0.717, 1.165) is 11.0 Å². The minimum absolute atomic E-state index is 0.0748. The van der Waals surface area contributed by atoms with E-state index in [0.29, 0.717) is 6.54 Å². The van der Waals surface area contributed by atoms with E-state index in [1.165, 1.54) is 13.1 Å². The fourth-order valence-electron chi connectivity index (χ4n) is 1.63. The van der Waals surface area contributed by atoms with Gasteiger partial charge < -0.3 is 20.8 Å². The van der Waals surface area contributed by atoms with E-state index >= 15 is 0 Å². The lowest BCUT2D eigenvalue weighted by Crippen LogP contribution is -2.30. The normalized spacial score (nSPS) is 11.9. The molecule has 0 aliphatic heterocycles. The van der Waals surface area contributed by atoms with E-state index in [1.807, 2.05) is 6.92 Å². The Bertz CT molecular complexity index is 496. The smallest absolute Gasteiger partial charge is 0.227 e. The first-order valence-electron chi connectivity index (χ1n) is 6.52. The van der Waals surface area contributed by atoms with Crippen molar-refractivity contribution in [2.75, 3.05) is 11.9 Å². The summed E-state index contributed by atoms with van der Waals surface area (Å²) >= 11 is 0. The van der Waals surface area contributed by atoms with Crippen LogP contribution in [0.2, 0.25) is 0 Å². The molecular weight excluding hydrogens is 262 g/mol. The molecule has 4 N–H and O–H groups in total. The largest absolute Gasteiger partial charge is 0.494 e. The number of carbonyl (C=O) groups excluding carboxylic acids is 2. The lowest BCUT2D eigenvalue weighted by Gasteiger charge is -2.11. The van der Waals surface area contributed by atoms with Gasteiger partial charge in [0, 0.05) is 32.0 Å². The molecule has 1 heterocycles. The van der Waals surface area contributed by atoms with Crippen molar-refractivity contribution < 1.29 is 19.8 Å². The Kier molecular flexibility index (Phi) is 5.42. The summed E-state index contributed by atoms with van der Waals surface area (Å²) < 4.78 is 1.13. The molecule has 2 amide bonds. The van der Waals surface area contributed by atoms with Crippen LogP contribution in [0, 0.1) is 5.92 Å². The molecule has 112 valence electrons. The molecule has 1 rings (SSSR count). The Balaban J connectivity index is 2.57. The van der Waals surface area contributed by atoms with Crippen LogP contribution in [0.3, 0.4) is 0 Å². The third kappa shape index (κ3) is 3.91. The molecule has 0 aromatic carbocycles. The van der Waals surface area contributed by atoms with Crippen LogP contribution in [0.5, 0.6) is 11.8 Å². The quantitative estimate of drug-likeness (QED) is 0.623. The zero-order valence-electron chi connectivity index (χ0n) is 11.9. The molecule has 1 unspecified atom stereocenters. The summed E-state index contributed by atoms with van der Waals surface area (Å²) in [6.45, 7) is 4.16. The van der Waals surface area contributed by atoms with Crippen molar-refractivity contribution in [1.82, 2.24) is 9.88 Å². The lowest BCUT2D eigenvalue weighted by atomic mass is 10.1. The number of nitrogens with one attached hydrogen (secondary N) is 2. The van der Waals surface area contributed by atoms with Gasteiger partial charge in [0.1, 0.15) is 5.69 Å². The van der Waals surface area contributed by atoms with Crippen molar-refractivity contribution in [2.24, 2.45) is 13.0 Å². The average Bonchev–Trinajstić information content (AvgIpc) is 2.63. The first-order chi connectivity index (χ1) is 9.36. The van der Waals surface area contributed by atoms with Gasteiger partial charge in [-0.1, -0.05) is 13.8 Å². The van der Waals surface area contributed by atoms with Crippen molar-refractivity contribution >= 4 is 17.5 Å². The Labute approximate surface area is 117 Å². The molecule has 0 radical (unpaired) electrons. The molecule has 7 heteroatoms. The van der Waals surface area contributed by atoms with Crippen LogP contribution in [-0.4, -0.2) is 33.1 Å². The average molecular weight is 283 g/mol. The predicted octanol–water partition coefficient (Wildman–Crippen LogP) is 0.927. The molecule has 0 aliphatic rings. The molecule has 0 saturated heterocycles. The highest BCUT2D eigenvalue weighted by Gasteiger charge is 2.20. The van der Waals surface area contributed by atoms with Gasteiger partial charge in [-0.3, -0.25) is 14.2 Å². The standard InChI is InChI=1S/C13H21N3O4/c1-4-5-14-10(17)6-8(2)12(19)15-9-7-11(18)16(3)13(9)20/h7-8,18,20H,4-6H2,1-3H3,(H,14,17)(H,15,19). The topological polar surface area (TPSA) is 104 Å². The number of carbonyl (C=O) groups is 2. The van der Waals surface area contributed by atoms with Crippen LogP contribution in [0.15, 0.2) is 6.07 Å². The summed E-state index contributed by atoms with van der Waals surface area (Å²) in [5.41, 5.74) is 0.121. The molecule has 1 aromatic heterocycles. The van der Waals surface area contributed by atoms with Gasteiger partial charge >= 0.3 is 0 Å². The maximum Gasteiger partial charge on any atom is 0.227 e. The van der Waals surface area contributed by atoms with Gasteiger partial charge in [0.25, 0.3) is 0 Å². The maximum absolute atomic E-state index is 11.9. The monoisotopic (exact) mass is 283 g/mol. The number of hydrogen-bond acceptors (Lipinski definition) is 4. The summed E-state index contributed by atoms with van der Waals surface area (Å²) in [5.74, 6) is -1.51. The van der Waals surface area contributed by atoms with Gasteiger partial charge in [0.05, 0.1) is 0 Å². The first-order valence-corrected chi connectivity index (χ1v) is 6.52. The SMILES string of the molecule is CCCNC(=O)CC(C)C(=O)Nc1cc(O)n(C)c1O. The van der Waals surface area contributed by atoms with Crippen molar-refractivity contribution in [1.29, 1.82) is 0 Å². The van der Waals surface area contributed by atoms with E-state index in [4.69, 9.17) is 0 Å². The minimum Gasteiger partial charge on any atom is -0.494 e. The number of anilines is 1. The third-order valence-corrected chi connectivity index (χ3v) is 2.94. The highest BCUT2D eigenvalue weighted by atomic mass is 16.3. The van der Waals surface area contributed by atoms with Gasteiger partial charge in [0.2, 0.25) is 17.7 Å². The summed E-state index contributed by atoms with van der Waals surface area (Å²) in [7, 11) is 1.46. The van der Waals surface area contributed by atoms with E-state index in [1.54, 1.807) is 6.92 Å². The van der Waals surface area contributed by atoms with Gasteiger partial charge in [-0.25, -0.2) is 0 Å². The van der Waals surface area contributed by atoms with Crippen LogP contribution < -0.4 is 10.6 Å². The molecule has 0 spiro atoms.